The molecule has 9 rings (SSSR count). The number of nitrogens with two attached hydrogens (primary N) is 4. The number of nitrogens with one attached hydrogen (secondary N) is 3. The van der Waals surface area contributed by atoms with Crippen LogP contribution in [0.1, 0.15) is 79.7 Å². The summed E-state index contributed by atoms with van der Waals surface area (Å²) in [4.78, 5) is 69.6. The lowest BCUT2D eigenvalue weighted by Gasteiger charge is -2.15. The van der Waals surface area contributed by atoms with Crippen LogP contribution in [0.25, 0.3) is 32.3 Å². The topological polar surface area (TPSA) is 292 Å². The SMILES string of the molecule is C[C@@H](NC(=O)c1ccc2c(Cl)cnc(Cl)c2c1)c1ccccc1.C[C@@H](NC(=O)c1ccc2c(Cl)cnc(N=C(N)N)c2c1)c1ccccc1.NC(N)=Nc1ncc(Cl)c2ccc(C(=O)N[C@H](C(=O)O)c3ccccc3)cc12. The molecule has 0 unspecified atom stereocenters. The molecule has 0 saturated carbocycles. The standard InChI is InChI=1S/C19H16ClN5O3.C19H18ClN5O.C18H14Cl2N2O/c20-14-9-23-16(25-19(21)22)13-8-11(6-7-12(13)14)17(26)24-15(18(27)28)10-4-2-1-3-5-10;1-11(12-5-3-2-4-6-12)24-18(26)13-7-8-14-15(9-13)17(25-19(21)22)23-10-16(14)20;1-11(12-5-3-2-4-6-12)22-18(23)13-7-8-14-15(9-13)17(20)21-10-16(14)19/h1-9,15H,(H,24,26)(H,27,28)(H4,21,22,23,25);2-11H,1H3,(H,24,26)(H4,21,22,23,25);2-11H,1H3,(H,22,23)/t15-;2*11-/m011/s1. The third-order valence-corrected chi connectivity index (χ3v) is 12.8. The van der Waals surface area contributed by atoms with Gasteiger partial charge in [-0.25, -0.2) is 19.7 Å². The molecule has 9 aromatic rings. The Morgan fingerprint density at radius 1 is 0.455 bits per heavy atom. The van der Waals surface area contributed by atoms with E-state index in [-0.39, 0.29) is 47.2 Å². The summed E-state index contributed by atoms with van der Waals surface area (Å²) in [5.41, 5.74) is 25.5. The number of nitrogens with zero attached hydrogens (tertiary/aromatic N) is 5. The molecule has 0 fully saturated rings. The molecule has 21 heteroatoms. The second kappa shape index (κ2) is 25.6. The Labute approximate surface area is 461 Å². The second-order valence-corrected chi connectivity index (χ2v) is 18.6. The molecular formula is C56H48Cl4N12O5. The zero-order chi connectivity index (χ0) is 55.3. The molecule has 3 atom stereocenters. The van der Waals surface area contributed by atoms with E-state index >= 15 is 0 Å². The van der Waals surface area contributed by atoms with Gasteiger partial charge >= 0.3 is 5.97 Å². The lowest BCUT2D eigenvalue weighted by Crippen LogP contribution is -2.33. The number of pyridine rings is 3. The van der Waals surface area contributed by atoms with Gasteiger partial charge in [-0.15, -0.1) is 0 Å². The number of aliphatic imine (C=N–C) groups is 2. The Morgan fingerprint density at radius 2 is 0.792 bits per heavy atom. The number of hydrogen-bond donors (Lipinski definition) is 8. The second-order valence-electron chi connectivity index (χ2n) is 17.0. The molecule has 77 heavy (non-hydrogen) atoms. The van der Waals surface area contributed by atoms with E-state index in [2.05, 4.69) is 40.9 Å². The van der Waals surface area contributed by atoms with Crippen LogP contribution in [-0.4, -0.2) is 55.7 Å². The fourth-order valence-electron chi connectivity index (χ4n) is 7.77. The molecule has 3 heterocycles. The van der Waals surface area contributed by atoms with Gasteiger partial charge in [0.1, 0.15) is 5.15 Å². The summed E-state index contributed by atoms with van der Waals surface area (Å²) in [5.74, 6) is -1.92. The number of fused-ring (bicyclic) bond motifs is 3. The van der Waals surface area contributed by atoms with Crippen molar-refractivity contribution < 1.29 is 24.3 Å². The first-order valence-corrected chi connectivity index (χ1v) is 24.8. The average Bonchev–Trinajstić information content (AvgIpc) is 3.44. The molecular weight excluding hydrogens is 1060 g/mol. The van der Waals surface area contributed by atoms with Crippen LogP contribution in [0.2, 0.25) is 20.2 Å². The summed E-state index contributed by atoms with van der Waals surface area (Å²) < 4.78 is 0. The Balaban J connectivity index is 0.000000169. The lowest BCUT2D eigenvalue weighted by atomic mass is 10.0. The third kappa shape index (κ3) is 14.3. The molecule has 6 aromatic carbocycles. The maximum Gasteiger partial charge on any atom is 0.330 e. The molecule has 0 bridgehead atoms. The van der Waals surface area contributed by atoms with Crippen molar-refractivity contribution in [2.45, 2.75) is 32.0 Å². The number of rotatable bonds is 12. The molecule has 390 valence electrons. The van der Waals surface area contributed by atoms with Gasteiger partial charge in [0.15, 0.2) is 29.6 Å². The quantitative estimate of drug-likeness (QED) is 0.0322. The van der Waals surface area contributed by atoms with Crippen molar-refractivity contribution in [3.63, 3.8) is 0 Å². The van der Waals surface area contributed by atoms with E-state index in [9.17, 15) is 24.3 Å². The van der Waals surface area contributed by atoms with Gasteiger partial charge in [-0.05, 0) is 66.9 Å². The van der Waals surface area contributed by atoms with Gasteiger partial charge in [0.05, 0.1) is 27.2 Å². The van der Waals surface area contributed by atoms with Crippen LogP contribution >= 0.6 is 46.4 Å². The van der Waals surface area contributed by atoms with Crippen molar-refractivity contribution >= 4 is 126 Å². The normalized spacial score (nSPS) is 11.8. The van der Waals surface area contributed by atoms with Crippen molar-refractivity contribution in [3.8, 4) is 0 Å². The summed E-state index contributed by atoms with van der Waals surface area (Å²) in [6.45, 7) is 3.87. The Hall–Kier alpha value is -8.87. The van der Waals surface area contributed by atoms with Crippen molar-refractivity contribution in [1.82, 2.24) is 30.9 Å². The van der Waals surface area contributed by atoms with Gasteiger partial charge in [-0.1, -0.05) is 156 Å². The van der Waals surface area contributed by atoms with E-state index in [1.54, 1.807) is 72.8 Å². The summed E-state index contributed by atoms with van der Waals surface area (Å²) in [6, 6.07) is 41.6. The van der Waals surface area contributed by atoms with Crippen LogP contribution in [0.3, 0.4) is 0 Å². The van der Waals surface area contributed by atoms with Crippen LogP contribution in [0.4, 0.5) is 11.6 Å². The minimum Gasteiger partial charge on any atom is -0.479 e. The van der Waals surface area contributed by atoms with Crippen molar-refractivity contribution in [2.75, 3.05) is 0 Å². The fourth-order valence-corrected chi connectivity index (χ4v) is 8.61. The van der Waals surface area contributed by atoms with E-state index < -0.39 is 17.9 Å². The first-order valence-electron chi connectivity index (χ1n) is 23.3. The molecule has 0 aliphatic rings. The summed E-state index contributed by atoms with van der Waals surface area (Å²) in [7, 11) is 0. The highest BCUT2D eigenvalue weighted by Gasteiger charge is 2.23. The number of guanidine groups is 2. The number of hydrogen-bond acceptors (Lipinski definition) is 9. The Bertz CT molecular complexity index is 3700. The van der Waals surface area contributed by atoms with Crippen LogP contribution < -0.4 is 38.9 Å². The van der Waals surface area contributed by atoms with Crippen molar-refractivity contribution in [2.24, 2.45) is 32.9 Å². The molecule has 0 saturated heterocycles. The molecule has 0 aliphatic heterocycles. The first kappa shape index (κ1) is 55.9. The highest BCUT2D eigenvalue weighted by Crippen LogP contribution is 2.33. The van der Waals surface area contributed by atoms with Crippen LogP contribution in [0, 0.1) is 0 Å². The monoisotopic (exact) mass is 1110 g/mol. The summed E-state index contributed by atoms with van der Waals surface area (Å²) >= 11 is 24.5. The number of aromatic nitrogens is 3. The Kier molecular flexibility index (Phi) is 18.6. The molecule has 3 amide bonds. The van der Waals surface area contributed by atoms with Gasteiger partial charge < -0.3 is 44.0 Å². The van der Waals surface area contributed by atoms with E-state index in [0.29, 0.717) is 69.7 Å². The van der Waals surface area contributed by atoms with Gasteiger partial charge in [-0.3, -0.25) is 14.4 Å². The minimum absolute atomic E-state index is 0.0904. The summed E-state index contributed by atoms with van der Waals surface area (Å²) in [6.07, 6.45) is 4.38. The number of carboxylic acids is 1. The first-order chi connectivity index (χ1) is 36.9. The molecule has 0 spiro atoms. The maximum atomic E-state index is 12.7. The van der Waals surface area contributed by atoms with E-state index in [1.807, 2.05) is 74.5 Å². The highest BCUT2D eigenvalue weighted by atomic mass is 35.5. The highest BCUT2D eigenvalue weighted by molar-refractivity contribution is 6.39. The fraction of sp³-hybridized carbons (Fsp3) is 0.0893. The predicted octanol–water partition coefficient (Wildman–Crippen LogP) is 10.7. The Morgan fingerprint density at radius 3 is 1.17 bits per heavy atom. The van der Waals surface area contributed by atoms with Crippen LogP contribution in [0.5, 0.6) is 0 Å². The smallest absolute Gasteiger partial charge is 0.330 e. The zero-order valence-electron chi connectivity index (χ0n) is 41.0. The number of carboxylic acid groups (broad SMARTS) is 1. The number of halogens is 4. The van der Waals surface area contributed by atoms with E-state index in [4.69, 9.17) is 69.3 Å². The lowest BCUT2D eigenvalue weighted by molar-refractivity contribution is -0.139. The molecule has 0 aliphatic carbocycles. The zero-order valence-corrected chi connectivity index (χ0v) is 44.0. The number of benzene rings is 6. The largest absolute Gasteiger partial charge is 0.479 e. The number of carbonyl (C=O) groups excluding carboxylic acids is 3. The number of carbonyl (C=O) groups is 4. The predicted molar refractivity (Wildman–Crippen MR) is 305 cm³/mol. The third-order valence-electron chi connectivity index (χ3n) is 11.6. The molecule has 17 nitrogen and oxygen atoms in total. The molecule has 12 N–H and O–H groups in total. The number of aliphatic carboxylic acids is 1. The van der Waals surface area contributed by atoms with E-state index in [1.165, 1.54) is 30.7 Å². The van der Waals surface area contributed by atoms with Crippen LogP contribution in [-0.2, 0) is 4.79 Å². The minimum atomic E-state index is -1.20. The van der Waals surface area contributed by atoms with Crippen molar-refractivity contribution in [1.29, 1.82) is 0 Å². The maximum absolute atomic E-state index is 12.7. The van der Waals surface area contributed by atoms with Gasteiger partial charge in [0, 0.05) is 67.6 Å². The average molecular weight is 1110 g/mol. The number of amides is 3. The van der Waals surface area contributed by atoms with Crippen molar-refractivity contribution in [3.05, 3.63) is 218 Å². The molecule has 3 aromatic heterocycles. The van der Waals surface area contributed by atoms with Gasteiger partial charge in [0.25, 0.3) is 17.7 Å². The summed E-state index contributed by atoms with van der Waals surface area (Å²) in [5, 5.41) is 23.4. The molecule has 0 radical (unpaired) electrons. The van der Waals surface area contributed by atoms with Gasteiger partial charge in [-0.2, -0.15) is 9.98 Å². The van der Waals surface area contributed by atoms with E-state index in [0.717, 1.165) is 16.5 Å². The van der Waals surface area contributed by atoms with Gasteiger partial charge in [0.2, 0.25) is 0 Å². The van der Waals surface area contributed by atoms with Crippen LogP contribution in [0.15, 0.2) is 174 Å².